The highest BCUT2D eigenvalue weighted by Crippen LogP contribution is 2.09. The van der Waals surface area contributed by atoms with Gasteiger partial charge in [0.05, 0.1) is 0 Å². The van der Waals surface area contributed by atoms with Crippen molar-refractivity contribution in [2.24, 2.45) is 0 Å². The molecule has 0 aliphatic rings. The van der Waals surface area contributed by atoms with Crippen LogP contribution in [0.1, 0.15) is 41.5 Å². The van der Waals surface area contributed by atoms with Crippen molar-refractivity contribution in [2.75, 3.05) is 0 Å². The van der Waals surface area contributed by atoms with Crippen LogP contribution in [-0.4, -0.2) is 0 Å². The van der Waals surface area contributed by atoms with Crippen molar-refractivity contribution in [1.29, 1.82) is 0 Å². The lowest BCUT2D eigenvalue weighted by molar-refractivity contribution is 0.651. The van der Waals surface area contributed by atoms with Crippen LogP contribution in [0.5, 0.6) is 0 Å². The first kappa shape index (κ1) is 18.0. The van der Waals surface area contributed by atoms with Crippen LogP contribution in [0.25, 0.3) is 0 Å². The van der Waals surface area contributed by atoms with Crippen molar-refractivity contribution < 1.29 is 4.39 Å². The predicted octanol–water partition coefficient (Wildman–Crippen LogP) is 5.04. The van der Waals surface area contributed by atoms with E-state index in [1.54, 1.807) is 13.8 Å². The molecule has 0 saturated carbocycles. The Morgan fingerprint density at radius 1 is 1.00 bits per heavy atom. The third-order valence-electron chi connectivity index (χ3n) is 0.781. The van der Waals surface area contributed by atoms with E-state index in [9.17, 15) is 4.39 Å². The Hall–Kier alpha value is -0.850. The molecule has 0 aromatic carbocycles. The van der Waals surface area contributed by atoms with Crippen molar-refractivity contribution in [3.63, 3.8) is 0 Å². The monoisotopic (exact) mass is 186 g/mol. The Morgan fingerprint density at radius 2 is 1.31 bits per heavy atom. The van der Waals surface area contributed by atoms with E-state index in [0.717, 1.165) is 0 Å². The van der Waals surface area contributed by atoms with Crippen molar-refractivity contribution in [3.8, 4) is 0 Å². The van der Waals surface area contributed by atoms with Gasteiger partial charge in [0.2, 0.25) is 0 Å². The first-order valence-electron chi connectivity index (χ1n) is 4.72. The van der Waals surface area contributed by atoms with Gasteiger partial charge in [-0.25, -0.2) is 4.39 Å². The van der Waals surface area contributed by atoms with Gasteiger partial charge in [0.15, 0.2) is 0 Å². The number of allylic oxidation sites excluding steroid dienone is 4. The molecular weight excluding hydrogens is 163 g/mol. The standard InChI is InChI=1S/C8H11F.2C2H6/c1-6(2)5-8(9)7(3)4;2*1-2/h5H,1,3H2,2,4H3;2*1-2H3/b8-5+;;. The summed E-state index contributed by atoms with van der Waals surface area (Å²) < 4.78 is 12.5. The van der Waals surface area contributed by atoms with Crippen molar-refractivity contribution in [2.45, 2.75) is 41.5 Å². The molecule has 0 amide bonds. The SMILES string of the molecule is C=C(C)/C=C(/F)C(=C)C.CC.CC. The Kier molecular flexibility index (Phi) is 19.0. The first-order chi connectivity index (χ1) is 6.04. The molecule has 0 N–H and O–H groups in total. The molecule has 0 rings (SSSR count). The Labute approximate surface area is 82.9 Å². The average Bonchev–Trinajstić information content (AvgIpc) is 2.10. The highest BCUT2D eigenvalue weighted by atomic mass is 19.1. The van der Waals surface area contributed by atoms with Crippen LogP contribution in [0.3, 0.4) is 0 Å². The molecule has 0 heterocycles. The summed E-state index contributed by atoms with van der Waals surface area (Å²) in [6, 6.07) is 0. The summed E-state index contributed by atoms with van der Waals surface area (Å²) in [4.78, 5) is 0. The summed E-state index contributed by atoms with van der Waals surface area (Å²) in [5.41, 5.74) is 1.15. The van der Waals surface area contributed by atoms with Gasteiger partial charge in [-0.2, -0.15) is 0 Å². The first-order valence-corrected chi connectivity index (χ1v) is 4.72. The van der Waals surface area contributed by atoms with Gasteiger partial charge in [0, 0.05) is 0 Å². The summed E-state index contributed by atoms with van der Waals surface area (Å²) >= 11 is 0. The zero-order chi connectivity index (χ0) is 11.4. The molecule has 0 nitrogen and oxygen atoms in total. The second kappa shape index (κ2) is 13.7. The Balaban J connectivity index is -0.000000218. The fourth-order valence-corrected chi connectivity index (χ4v) is 0.340. The maximum Gasteiger partial charge on any atom is 0.125 e. The fraction of sp³-hybridized carbons (Fsp3) is 0.500. The van der Waals surface area contributed by atoms with Crippen molar-refractivity contribution in [1.82, 2.24) is 0 Å². The molecule has 13 heavy (non-hydrogen) atoms. The topological polar surface area (TPSA) is 0 Å². The van der Waals surface area contributed by atoms with E-state index in [0.29, 0.717) is 11.1 Å². The molecule has 0 bridgehead atoms. The molecule has 0 unspecified atom stereocenters. The van der Waals surface area contributed by atoms with E-state index in [1.807, 2.05) is 27.7 Å². The van der Waals surface area contributed by atoms with Gasteiger partial charge < -0.3 is 0 Å². The summed E-state index contributed by atoms with van der Waals surface area (Å²) in [7, 11) is 0. The molecule has 0 aromatic heterocycles. The minimum atomic E-state index is -0.289. The minimum absolute atomic E-state index is 0.289. The maximum atomic E-state index is 12.5. The molecule has 78 valence electrons. The normalized spacial score (nSPS) is 8.69. The van der Waals surface area contributed by atoms with Gasteiger partial charge in [0.25, 0.3) is 0 Å². The summed E-state index contributed by atoms with van der Waals surface area (Å²) in [5.74, 6) is -0.289. The highest BCUT2D eigenvalue weighted by molar-refractivity contribution is 5.26. The number of hydrogen-bond acceptors (Lipinski definition) is 0. The third kappa shape index (κ3) is 18.3. The van der Waals surface area contributed by atoms with Crippen LogP contribution in [0.2, 0.25) is 0 Å². The van der Waals surface area contributed by atoms with Crippen LogP contribution in [0.4, 0.5) is 4.39 Å². The van der Waals surface area contributed by atoms with E-state index in [2.05, 4.69) is 13.2 Å². The van der Waals surface area contributed by atoms with Crippen LogP contribution >= 0.6 is 0 Å². The lowest BCUT2D eigenvalue weighted by atomic mass is 10.2. The zero-order valence-electron chi connectivity index (χ0n) is 9.87. The van der Waals surface area contributed by atoms with Crippen LogP contribution in [0.15, 0.2) is 36.2 Å². The van der Waals surface area contributed by atoms with E-state index >= 15 is 0 Å². The molecule has 0 fully saturated rings. The van der Waals surface area contributed by atoms with Gasteiger partial charge in [0.1, 0.15) is 5.83 Å². The maximum absolute atomic E-state index is 12.5. The Morgan fingerprint density at radius 3 is 1.38 bits per heavy atom. The molecular formula is C12H23F. The summed E-state index contributed by atoms with van der Waals surface area (Å²) in [6.07, 6.45) is 1.36. The summed E-state index contributed by atoms with van der Waals surface area (Å²) in [5, 5.41) is 0. The Bertz CT molecular complexity index is 164. The van der Waals surface area contributed by atoms with E-state index in [4.69, 9.17) is 0 Å². The van der Waals surface area contributed by atoms with E-state index < -0.39 is 0 Å². The predicted molar refractivity (Wildman–Crippen MR) is 61.5 cm³/mol. The number of rotatable bonds is 2. The summed E-state index contributed by atoms with van der Waals surface area (Å²) in [6.45, 7) is 18.3. The molecule has 0 spiro atoms. The smallest absolute Gasteiger partial charge is 0.125 e. The molecule has 0 radical (unpaired) electrons. The molecule has 0 atom stereocenters. The van der Waals surface area contributed by atoms with Crippen LogP contribution in [0, 0.1) is 0 Å². The van der Waals surface area contributed by atoms with Crippen LogP contribution in [-0.2, 0) is 0 Å². The molecule has 0 aliphatic heterocycles. The van der Waals surface area contributed by atoms with Gasteiger partial charge in [-0.3, -0.25) is 0 Å². The van der Waals surface area contributed by atoms with Gasteiger partial charge >= 0.3 is 0 Å². The van der Waals surface area contributed by atoms with Crippen LogP contribution < -0.4 is 0 Å². The second-order valence-electron chi connectivity index (χ2n) is 2.12. The lowest BCUT2D eigenvalue weighted by Crippen LogP contribution is -1.73. The van der Waals surface area contributed by atoms with Crippen molar-refractivity contribution >= 4 is 0 Å². The zero-order valence-corrected chi connectivity index (χ0v) is 9.87. The average molecular weight is 186 g/mol. The third-order valence-corrected chi connectivity index (χ3v) is 0.781. The molecule has 0 aliphatic carbocycles. The minimum Gasteiger partial charge on any atom is -0.207 e. The van der Waals surface area contributed by atoms with Gasteiger partial charge in [-0.05, 0) is 25.5 Å². The van der Waals surface area contributed by atoms with Gasteiger partial charge in [-0.1, -0.05) is 46.4 Å². The fourth-order valence-electron chi connectivity index (χ4n) is 0.340. The lowest BCUT2D eigenvalue weighted by Gasteiger charge is -1.91. The molecule has 0 aromatic rings. The van der Waals surface area contributed by atoms with Gasteiger partial charge in [-0.15, -0.1) is 0 Å². The van der Waals surface area contributed by atoms with E-state index in [-0.39, 0.29) is 5.83 Å². The van der Waals surface area contributed by atoms with Crippen molar-refractivity contribution in [3.05, 3.63) is 36.2 Å². The number of hydrogen-bond donors (Lipinski definition) is 0. The largest absolute Gasteiger partial charge is 0.207 e. The molecule has 1 heteroatoms. The second-order valence-corrected chi connectivity index (χ2v) is 2.12. The highest BCUT2D eigenvalue weighted by Gasteiger charge is 1.91. The van der Waals surface area contributed by atoms with E-state index in [1.165, 1.54) is 6.08 Å². The molecule has 0 saturated heterocycles. The quantitative estimate of drug-likeness (QED) is 0.530. The number of halogens is 1.